The Hall–Kier alpha value is -2.25. The highest BCUT2D eigenvalue weighted by atomic mass is 35.5. The standard InChI is InChI=1S/C14H10ClFN2O/c15-11-2-4-14(19)10(6-11)8-18-13-3-1-9(7-17)5-12(13)16/h1-6,18-19H,8H2. The molecule has 19 heavy (non-hydrogen) atoms. The summed E-state index contributed by atoms with van der Waals surface area (Å²) in [6, 6.07) is 10.7. The molecule has 0 saturated heterocycles. The number of phenols is 1. The van der Waals surface area contributed by atoms with Crippen LogP contribution >= 0.6 is 11.6 Å². The fraction of sp³-hybridized carbons (Fsp3) is 0.0714. The molecule has 5 heteroatoms. The van der Waals surface area contributed by atoms with Crippen LogP contribution in [0.4, 0.5) is 10.1 Å². The number of rotatable bonds is 3. The van der Waals surface area contributed by atoms with Crippen molar-refractivity contribution in [2.45, 2.75) is 6.54 Å². The van der Waals surface area contributed by atoms with Crippen LogP contribution in [-0.2, 0) is 6.54 Å². The van der Waals surface area contributed by atoms with Crippen LogP contribution in [0.3, 0.4) is 0 Å². The van der Waals surface area contributed by atoms with E-state index in [1.54, 1.807) is 12.1 Å². The zero-order chi connectivity index (χ0) is 13.8. The van der Waals surface area contributed by atoms with Gasteiger partial charge in [-0.25, -0.2) is 4.39 Å². The smallest absolute Gasteiger partial charge is 0.147 e. The summed E-state index contributed by atoms with van der Waals surface area (Å²) < 4.78 is 13.6. The number of nitriles is 1. The van der Waals surface area contributed by atoms with E-state index in [9.17, 15) is 9.50 Å². The van der Waals surface area contributed by atoms with Gasteiger partial charge in [-0.2, -0.15) is 5.26 Å². The molecule has 3 nitrogen and oxygen atoms in total. The number of aromatic hydroxyl groups is 1. The summed E-state index contributed by atoms with van der Waals surface area (Å²) in [7, 11) is 0. The van der Waals surface area contributed by atoms with E-state index < -0.39 is 5.82 Å². The first-order valence-corrected chi connectivity index (χ1v) is 5.89. The maximum atomic E-state index is 13.6. The van der Waals surface area contributed by atoms with Gasteiger partial charge in [-0.15, -0.1) is 0 Å². The third kappa shape index (κ3) is 3.15. The van der Waals surface area contributed by atoms with E-state index >= 15 is 0 Å². The zero-order valence-corrected chi connectivity index (χ0v) is 10.6. The summed E-state index contributed by atoms with van der Waals surface area (Å²) in [6.45, 7) is 0.231. The maximum Gasteiger partial charge on any atom is 0.147 e. The molecule has 0 aliphatic heterocycles. The quantitative estimate of drug-likeness (QED) is 0.899. The van der Waals surface area contributed by atoms with Crippen molar-refractivity contribution in [3.8, 4) is 11.8 Å². The van der Waals surface area contributed by atoms with Crippen LogP contribution < -0.4 is 5.32 Å². The number of anilines is 1. The van der Waals surface area contributed by atoms with Crippen LogP contribution in [0.1, 0.15) is 11.1 Å². The minimum atomic E-state index is -0.513. The van der Waals surface area contributed by atoms with Crippen molar-refractivity contribution in [1.29, 1.82) is 5.26 Å². The Kier molecular flexibility index (Phi) is 3.88. The van der Waals surface area contributed by atoms with Crippen LogP contribution in [0.15, 0.2) is 36.4 Å². The Morgan fingerprint density at radius 1 is 1.26 bits per heavy atom. The summed E-state index contributed by atoms with van der Waals surface area (Å²) in [4.78, 5) is 0. The molecule has 0 unspecified atom stereocenters. The Labute approximate surface area is 114 Å². The highest BCUT2D eigenvalue weighted by molar-refractivity contribution is 6.30. The number of halogens is 2. The number of hydrogen-bond acceptors (Lipinski definition) is 3. The van der Waals surface area contributed by atoms with Crippen molar-refractivity contribution in [3.05, 3.63) is 58.4 Å². The van der Waals surface area contributed by atoms with E-state index in [4.69, 9.17) is 16.9 Å². The normalized spacial score (nSPS) is 9.95. The summed E-state index contributed by atoms with van der Waals surface area (Å²) in [5.41, 5.74) is 1.09. The monoisotopic (exact) mass is 276 g/mol. The van der Waals surface area contributed by atoms with Crippen molar-refractivity contribution in [2.24, 2.45) is 0 Å². The van der Waals surface area contributed by atoms with Gasteiger partial charge >= 0.3 is 0 Å². The molecule has 0 fully saturated rings. The molecule has 0 aromatic heterocycles. The lowest BCUT2D eigenvalue weighted by molar-refractivity contribution is 0.469. The van der Waals surface area contributed by atoms with Crippen LogP contribution in [0, 0.1) is 17.1 Å². The van der Waals surface area contributed by atoms with E-state index in [1.807, 2.05) is 6.07 Å². The number of nitrogens with zero attached hydrogens (tertiary/aromatic N) is 1. The van der Waals surface area contributed by atoms with Gasteiger partial charge in [0.2, 0.25) is 0 Å². The minimum absolute atomic E-state index is 0.0888. The molecule has 2 aromatic rings. The summed E-state index contributed by atoms with van der Waals surface area (Å²) in [6.07, 6.45) is 0. The van der Waals surface area contributed by atoms with Crippen molar-refractivity contribution in [3.63, 3.8) is 0 Å². The summed E-state index contributed by atoms with van der Waals surface area (Å²) >= 11 is 5.82. The molecule has 0 bridgehead atoms. The molecule has 0 saturated carbocycles. The summed E-state index contributed by atoms with van der Waals surface area (Å²) in [5.74, 6) is -0.425. The first kappa shape index (κ1) is 13.2. The predicted molar refractivity (Wildman–Crippen MR) is 71.6 cm³/mol. The molecular weight excluding hydrogens is 267 g/mol. The molecule has 2 N–H and O–H groups in total. The van der Waals surface area contributed by atoms with Gasteiger partial charge in [-0.1, -0.05) is 11.6 Å². The fourth-order valence-electron chi connectivity index (χ4n) is 1.61. The number of benzene rings is 2. The molecular formula is C14H10ClFN2O. The van der Waals surface area contributed by atoms with Gasteiger partial charge in [0, 0.05) is 17.1 Å². The first-order chi connectivity index (χ1) is 9.10. The van der Waals surface area contributed by atoms with E-state index in [1.165, 1.54) is 18.2 Å². The van der Waals surface area contributed by atoms with Gasteiger partial charge in [0.1, 0.15) is 11.6 Å². The molecule has 0 radical (unpaired) electrons. The topological polar surface area (TPSA) is 56.0 Å². The lowest BCUT2D eigenvalue weighted by Gasteiger charge is -2.09. The van der Waals surface area contributed by atoms with Gasteiger partial charge in [0.25, 0.3) is 0 Å². The molecule has 0 heterocycles. The van der Waals surface area contributed by atoms with Gasteiger partial charge in [0.15, 0.2) is 0 Å². The Morgan fingerprint density at radius 2 is 2.05 bits per heavy atom. The molecule has 0 atom stereocenters. The first-order valence-electron chi connectivity index (χ1n) is 5.51. The van der Waals surface area contributed by atoms with E-state index in [0.717, 1.165) is 6.07 Å². The highest BCUT2D eigenvalue weighted by Crippen LogP contribution is 2.23. The Bertz CT molecular complexity index is 652. The number of phenolic OH excluding ortho intramolecular Hbond substituents is 1. The molecule has 2 aromatic carbocycles. The molecule has 2 rings (SSSR count). The third-order valence-electron chi connectivity index (χ3n) is 2.61. The van der Waals surface area contributed by atoms with Crippen molar-refractivity contribution >= 4 is 17.3 Å². The second-order valence-corrected chi connectivity index (χ2v) is 4.37. The highest BCUT2D eigenvalue weighted by Gasteiger charge is 2.06. The van der Waals surface area contributed by atoms with Crippen LogP contribution in [-0.4, -0.2) is 5.11 Å². The van der Waals surface area contributed by atoms with Gasteiger partial charge in [0.05, 0.1) is 17.3 Å². The van der Waals surface area contributed by atoms with Gasteiger partial charge < -0.3 is 10.4 Å². The Morgan fingerprint density at radius 3 is 2.74 bits per heavy atom. The Balaban J connectivity index is 2.15. The second kappa shape index (κ2) is 5.59. The van der Waals surface area contributed by atoms with Crippen LogP contribution in [0.2, 0.25) is 5.02 Å². The van der Waals surface area contributed by atoms with Crippen LogP contribution in [0.25, 0.3) is 0 Å². The van der Waals surface area contributed by atoms with E-state index in [2.05, 4.69) is 5.32 Å². The average molecular weight is 277 g/mol. The third-order valence-corrected chi connectivity index (χ3v) is 2.84. The van der Waals surface area contributed by atoms with E-state index in [0.29, 0.717) is 10.6 Å². The summed E-state index contributed by atoms with van der Waals surface area (Å²) in [5, 5.41) is 21.6. The van der Waals surface area contributed by atoms with Crippen molar-refractivity contribution in [2.75, 3.05) is 5.32 Å². The second-order valence-electron chi connectivity index (χ2n) is 3.93. The number of nitrogens with one attached hydrogen (secondary N) is 1. The molecule has 0 spiro atoms. The lowest BCUT2D eigenvalue weighted by Crippen LogP contribution is -2.02. The predicted octanol–water partition coefficient (Wildman–Crippen LogP) is 3.67. The van der Waals surface area contributed by atoms with Crippen molar-refractivity contribution in [1.82, 2.24) is 0 Å². The molecule has 96 valence electrons. The molecule has 0 aliphatic carbocycles. The largest absolute Gasteiger partial charge is 0.508 e. The van der Waals surface area contributed by atoms with Crippen LogP contribution in [0.5, 0.6) is 5.75 Å². The average Bonchev–Trinajstić information content (AvgIpc) is 2.40. The van der Waals surface area contributed by atoms with Crippen molar-refractivity contribution < 1.29 is 9.50 Å². The number of hydrogen-bond donors (Lipinski definition) is 2. The van der Waals surface area contributed by atoms with Gasteiger partial charge in [-0.05, 0) is 36.4 Å². The lowest BCUT2D eigenvalue weighted by atomic mass is 10.1. The van der Waals surface area contributed by atoms with Gasteiger partial charge in [-0.3, -0.25) is 0 Å². The fourth-order valence-corrected chi connectivity index (χ4v) is 1.81. The maximum absolute atomic E-state index is 13.6. The minimum Gasteiger partial charge on any atom is -0.508 e. The molecule has 0 aliphatic rings. The SMILES string of the molecule is N#Cc1ccc(NCc2cc(Cl)ccc2O)c(F)c1. The van der Waals surface area contributed by atoms with E-state index in [-0.39, 0.29) is 23.5 Å². The molecule has 0 amide bonds. The zero-order valence-electron chi connectivity index (χ0n) is 9.82.